The molecule has 1 heterocycles. The van der Waals surface area contributed by atoms with Crippen molar-refractivity contribution in [3.8, 4) is 0 Å². The molecule has 0 saturated carbocycles. The van der Waals surface area contributed by atoms with E-state index in [-0.39, 0.29) is 16.3 Å². The molecular formula is C18H18ClN3O4. The predicted octanol–water partition coefficient (Wildman–Crippen LogP) is 3.33. The largest absolute Gasteiger partial charge is 0.379 e. The van der Waals surface area contributed by atoms with Gasteiger partial charge in [-0.15, -0.1) is 0 Å². The molecule has 0 aliphatic carbocycles. The maximum Gasteiger partial charge on any atom is 0.283 e. The van der Waals surface area contributed by atoms with E-state index in [1.807, 2.05) is 12.1 Å². The molecule has 1 amide bonds. The van der Waals surface area contributed by atoms with E-state index in [9.17, 15) is 14.9 Å². The first kappa shape index (κ1) is 18.3. The Morgan fingerprint density at radius 2 is 1.88 bits per heavy atom. The van der Waals surface area contributed by atoms with Gasteiger partial charge in [-0.25, -0.2) is 0 Å². The molecule has 0 aromatic heterocycles. The van der Waals surface area contributed by atoms with Gasteiger partial charge in [-0.05, 0) is 29.8 Å². The minimum atomic E-state index is -0.619. The summed E-state index contributed by atoms with van der Waals surface area (Å²) in [4.78, 5) is 25.2. The number of nitrogens with zero attached hydrogens (tertiary/aromatic N) is 2. The first-order valence-corrected chi connectivity index (χ1v) is 8.55. The predicted molar refractivity (Wildman–Crippen MR) is 98.6 cm³/mol. The van der Waals surface area contributed by atoms with Crippen LogP contribution in [-0.4, -0.2) is 42.0 Å². The molecule has 7 nitrogen and oxygen atoms in total. The smallest absolute Gasteiger partial charge is 0.283 e. The zero-order valence-electron chi connectivity index (χ0n) is 14.0. The number of morpholine rings is 1. The van der Waals surface area contributed by atoms with Gasteiger partial charge in [-0.1, -0.05) is 23.7 Å². The van der Waals surface area contributed by atoms with Gasteiger partial charge in [-0.3, -0.25) is 19.8 Å². The number of carbonyl (C=O) groups excluding carboxylic acids is 1. The average molecular weight is 376 g/mol. The third kappa shape index (κ3) is 4.57. The molecule has 1 aliphatic heterocycles. The van der Waals surface area contributed by atoms with Gasteiger partial charge in [0.25, 0.3) is 11.6 Å². The molecular weight excluding hydrogens is 358 g/mol. The second-order valence-electron chi connectivity index (χ2n) is 5.96. The summed E-state index contributed by atoms with van der Waals surface area (Å²) in [6.07, 6.45) is 0. The maximum absolute atomic E-state index is 12.4. The van der Waals surface area contributed by atoms with Gasteiger partial charge >= 0.3 is 0 Å². The van der Waals surface area contributed by atoms with Crippen LogP contribution in [0, 0.1) is 10.1 Å². The van der Waals surface area contributed by atoms with Crippen LogP contribution >= 0.6 is 11.6 Å². The zero-order chi connectivity index (χ0) is 18.5. The molecule has 26 heavy (non-hydrogen) atoms. The highest BCUT2D eigenvalue weighted by atomic mass is 35.5. The van der Waals surface area contributed by atoms with Gasteiger partial charge in [0.15, 0.2) is 0 Å². The first-order chi connectivity index (χ1) is 12.5. The number of nitro groups is 1. The normalized spacial score (nSPS) is 14.8. The Bertz CT molecular complexity index is 805. The number of benzene rings is 2. The maximum atomic E-state index is 12.4. The molecule has 136 valence electrons. The number of hydrogen-bond donors (Lipinski definition) is 1. The highest BCUT2D eigenvalue weighted by Gasteiger charge is 2.20. The highest BCUT2D eigenvalue weighted by Crippen LogP contribution is 2.24. The molecule has 1 aliphatic rings. The van der Waals surface area contributed by atoms with Gasteiger partial charge in [0.1, 0.15) is 5.56 Å². The fourth-order valence-corrected chi connectivity index (χ4v) is 2.92. The van der Waals surface area contributed by atoms with Crippen molar-refractivity contribution >= 4 is 28.9 Å². The van der Waals surface area contributed by atoms with Crippen LogP contribution in [0.5, 0.6) is 0 Å². The number of nitro benzene ring substituents is 1. The van der Waals surface area contributed by atoms with Crippen LogP contribution in [0.2, 0.25) is 5.02 Å². The molecule has 1 N–H and O–H groups in total. The van der Waals surface area contributed by atoms with Gasteiger partial charge in [-0.2, -0.15) is 0 Å². The molecule has 0 spiro atoms. The second-order valence-corrected chi connectivity index (χ2v) is 6.39. The summed E-state index contributed by atoms with van der Waals surface area (Å²) in [5.74, 6) is -0.547. The van der Waals surface area contributed by atoms with E-state index in [2.05, 4.69) is 10.2 Å². The van der Waals surface area contributed by atoms with E-state index in [1.165, 1.54) is 18.2 Å². The summed E-state index contributed by atoms with van der Waals surface area (Å²) in [6.45, 7) is 4.11. The first-order valence-electron chi connectivity index (χ1n) is 8.17. The van der Waals surface area contributed by atoms with Crippen molar-refractivity contribution in [1.29, 1.82) is 0 Å². The highest BCUT2D eigenvalue weighted by molar-refractivity contribution is 6.31. The Kier molecular flexibility index (Phi) is 5.82. The van der Waals surface area contributed by atoms with Gasteiger partial charge < -0.3 is 10.1 Å². The van der Waals surface area contributed by atoms with Crippen molar-refractivity contribution in [2.75, 3.05) is 31.6 Å². The monoisotopic (exact) mass is 375 g/mol. The van der Waals surface area contributed by atoms with Crippen molar-refractivity contribution in [1.82, 2.24) is 4.90 Å². The molecule has 2 aromatic carbocycles. The Labute approximate surface area is 155 Å². The lowest BCUT2D eigenvalue weighted by molar-refractivity contribution is -0.385. The SMILES string of the molecule is O=C(Nc1ccc(CN2CCOCC2)cc1)c1ccc(Cl)cc1[N+](=O)[O-]. The van der Waals surface area contributed by atoms with E-state index in [0.717, 1.165) is 38.4 Å². The molecule has 2 aromatic rings. The molecule has 0 unspecified atom stereocenters. The topological polar surface area (TPSA) is 84.7 Å². The lowest BCUT2D eigenvalue weighted by Crippen LogP contribution is -2.35. The summed E-state index contributed by atoms with van der Waals surface area (Å²) in [5, 5.41) is 14.0. The fourth-order valence-electron chi connectivity index (χ4n) is 2.76. The number of ether oxygens (including phenoxy) is 1. The van der Waals surface area contributed by atoms with Crippen LogP contribution in [0.1, 0.15) is 15.9 Å². The van der Waals surface area contributed by atoms with Crippen LogP contribution in [0.4, 0.5) is 11.4 Å². The van der Waals surface area contributed by atoms with Crippen LogP contribution in [0.25, 0.3) is 0 Å². The summed E-state index contributed by atoms with van der Waals surface area (Å²) in [7, 11) is 0. The van der Waals surface area contributed by atoms with E-state index < -0.39 is 10.8 Å². The quantitative estimate of drug-likeness (QED) is 0.640. The molecule has 1 saturated heterocycles. The lowest BCUT2D eigenvalue weighted by Gasteiger charge is -2.26. The number of rotatable bonds is 5. The minimum absolute atomic E-state index is 0.0307. The second kappa shape index (κ2) is 8.27. The van der Waals surface area contributed by atoms with Gasteiger partial charge in [0.05, 0.1) is 18.1 Å². The van der Waals surface area contributed by atoms with Crippen molar-refractivity contribution < 1.29 is 14.5 Å². The standard InChI is InChI=1S/C18H18ClN3O4/c19-14-3-6-16(17(11-14)22(24)25)18(23)20-15-4-1-13(2-5-15)12-21-7-9-26-10-8-21/h1-6,11H,7-10,12H2,(H,20,23). The van der Waals surface area contributed by atoms with E-state index in [0.29, 0.717) is 5.69 Å². The molecule has 0 atom stereocenters. The summed E-state index contributed by atoms with van der Waals surface area (Å²) in [5.41, 5.74) is 1.35. The number of amides is 1. The fraction of sp³-hybridized carbons (Fsp3) is 0.278. The average Bonchev–Trinajstić information content (AvgIpc) is 2.64. The van der Waals surface area contributed by atoms with Crippen LogP contribution in [-0.2, 0) is 11.3 Å². The molecule has 3 rings (SSSR count). The number of hydrogen-bond acceptors (Lipinski definition) is 5. The Morgan fingerprint density at radius 1 is 1.19 bits per heavy atom. The third-order valence-corrected chi connectivity index (χ3v) is 4.36. The van der Waals surface area contributed by atoms with Crippen molar-refractivity contribution in [3.63, 3.8) is 0 Å². The number of nitrogens with one attached hydrogen (secondary N) is 1. The van der Waals surface area contributed by atoms with E-state index in [1.54, 1.807) is 12.1 Å². The van der Waals surface area contributed by atoms with Gasteiger partial charge in [0.2, 0.25) is 0 Å². The summed E-state index contributed by atoms with van der Waals surface area (Å²) < 4.78 is 5.33. The number of anilines is 1. The lowest BCUT2D eigenvalue weighted by atomic mass is 10.1. The minimum Gasteiger partial charge on any atom is -0.379 e. The molecule has 8 heteroatoms. The van der Waals surface area contributed by atoms with E-state index in [4.69, 9.17) is 16.3 Å². The number of carbonyl (C=O) groups is 1. The number of halogens is 1. The Balaban J connectivity index is 1.67. The van der Waals surface area contributed by atoms with Crippen molar-refractivity contribution in [2.45, 2.75) is 6.54 Å². The van der Waals surface area contributed by atoms with Crippen LogP contribution in [0.3, 0.4) is 0 Å². The van der Waals surface area contributed by atoms with E-state index >= 15 is 0 Å². The van der Waals surface area contributed by atoms with Crippen molar-refractivity contribution in [3.05, 3.63) is 68.7 Å². The van der Waals surface area contributed by atoms with Crippen LogP contribution in [0.15, 0.2) is 42.5 Å². The molecule has 1 fully saturated rings. The molecule has 0 radical (unpaired) electrons. The van der Waals surface area contributed by atoms with Gasteiger partial charge in [0, 0.05) is 36.4 Å². The Hall–Kier alpha value is -2.48. The van der Waals surface area contributed by atoms with Crippen LogP contribution < -0.4 is 5.32 Å². The third-order valence-electron chi connectivity index (χ3n) is 4.12. The Morgan fingerprint density at radius 3 is 2.54 bits per heavy atom. The van der Waals surface area contributed by atoms with Crippen molar-refractivity contribution in [2.24, 2.45) is 0 Å². The summed E-state index contributed by atoms with van der Waals surface area (Å²) in [6, 6.07) is 11.4. The zero-order valence-corrected chi connectivity index (χ0v) is 14.7. The molecule has 0 bridgehead atoms. The summed E-state index contributed by atoms with van der Waals surface area (Å²) >= 11 is 5.78.